The molecular formula is C21H20N4O6. The Kier molecular flexibility index (Phi) is 8.22. The molecule has 0 saturated heterocycles. The number of ether oxygens (including phenoxy) is 1. The summed E-state index contributed by atoms with van der Waals surface area (Å²) in [5, 5.41) is 22.0. The number of amides is 2. The monoisotopic (exact) mass is 424 g/mol. The lowest BCUT2D eigenvalue weighted by Crippen LogP contribution is -2.37. The van der Waals surface area contributed by atoms with Crippen molar-refractivity contribution in [2.75, 3.05) is 24.6 Å². The molecule has 0 aromatic heterocycles. The van der Waals surface area contributed by atoms with Gasteiger partial charge in [-0.3, -0.25) is 24.5 Å². The highest BCUT2D eigenvalue weighted by Gasteiger charge is 2.18. The van der Waals surface area contributed by atoms with Gasteiger partial charge >= 0.3 is 5.97 Å². The molecule has 0 spiro atoms. The molecule has 0 atom stereocenters. The smallest absolute Gasteiger partial charge is 0.325 e. The Hall–Kier alpha value is -4.26. The normalized spacial score (nSPS) is 9.94. The fourth-order valence-electron chi connectivity index (χ4n) is 2.69. The number of nitrogens with one attached hydrogen (secondary N) is 1. The Labute approximate surface area is 178 Å². The van der Waals surface area contributed by atoms with Gasteiger partial charge < -0.3 is 15.0 Å². The van der Waals surface area contributed by atoms with E-state index in [1.807, 2.05) is 6.07 Å². The van der Waals surface area contributed by atoms with Crippen molar-refractivity contribution in [3.63, 3.8) is 0 Å². The second kappa shape index (κ2) is 11.1. The molecule has 0 saturated carbocycles. The summed E-state index contributed by atoms with van der Waals surface area (Å²) >= 11 is 0. The van der Waals surface area contributed by atoms with Crippen LogP contribution in [-0.2, 0) is 14.3 Å². The minimum Gasteiger partial charge on any atom is -0.454 e. The highest BCUT2D eigenvalue weighted by atomic mass is 16.6. The van der Waals surface area contributed by atoms with Crippen LogP contribution in [0.3, 0.4) is 0 Å². The van der Waals surface area contributed by atoms with Gasteiger partial charge in [-0.25, -0.2) is 0 Å². The van der Waals surface area contributed by atoms with Gasteiger partial charge in [0.2, 0.25) is 0 Å². The first kappa shape index (κ1) is 23.0. The van der Waals surface area contributed by atoms with Crippen molar-refractivity contribution in [3.05, 3.63) is 69.8 Å². The zero-order valence-corrected chi connectivity index (χ0v) is 16.7. The number of aryl methyl sites for hydroxylation is 1. The van der Waals surface area contributed by atoms with Crippen LogP contribution in [0.5, 0.6) is 0 Å². The van der Waals surface area contributed by atoms with Gasteiger partial charge in [-0.15, -0.1) is 0 Å². The Morgan fingerprint density at radius 3 is 2.52 bits per heavy atom. The minimum absolute atomic E-state index is 0.110. The summed E-state index contributed by atoms with van der Waals surface area (Å²) in [5.74, 6) is -1.94. The number of benzene rings is 2. The van der Waals surface area contributed by atoms with E-state index in [0.29, 0.717) is 11.3 Å². The first-order chi connectivity index (χ1) is 14.8. The molecule has 10 heteroatoms. The van der Waals surface area contributed by atoms with E-state index in [1.54, 1.807) is 30.3 Å². The highest BCUT2D eigenvalue weighted by molar-refractivity contribution is 5.97. The Bertz CT molecular complexity index is 1020. The van der Waals surface area contributed by atoms with Crippen LogP contribution >= 0.6 is 0 Å². The van der Waals surface area contributed by atoms with Gasteiger partial charge in [0.15, 0.2) is 6.61 Å². The zero-order chi connectivity index (χ0) is 22.8. The third-order valence-electron chi connectivity index (χ3n) is 4.22. The summed E-state index contributed by atoms with van der Waals surface area (Å²) in [6.07, 6.45) is 0.110. The molecule has 160 valence electrons. The molecule has 0 unspecified atom stereocenters. The van der Waals surface area contributed by atoms with Crippen molar-refractivity contribution in [2.45, 2.75) is 13.3 Å². The van der Waals surface area contributed by atoms with Crippen LogP contribution in [0.4, 0.5) is 11.4 Å². The van der Waals surface area contributed by atoms with Crippen LogP contribution in [-0.4, -0.2) is 42.4 Å². The first-order valence-corrected chi connectivity index (χ1v) is 9.24. The molecular weight excluding hydrogens is 404 g/mol. The minimum atomic E-state index is -0.825. The Morgan fingerprint density at radius 1 is 1.19 bits per heavy atom. The molecule has 10 nitrogen and oxygen atoms in total. The van der Waals surface area contributed by atoms with Crippen LogP contribution in [0, 0.1) is 28.4 Å². The lowest BCUT2D eigenvalue weighted by molar-refractivity contribution is -0.385. The standard InChI is InChI=1S/C21H20N4O6/c1-15-12-16(8-9-18(15)25(29)30)21(28)23-13-20(27)31-14-19(26)24(11-5-10-22)17-6-3-2-4-7-17/h2-4,6-9,12H,5,11,13-14H2,1H3,(H,23,28). The van der Waals surface area contributed by atoms with Crippen molar-refractivity contribution in [1.82, 2.24) is 5.32 Å². The number of rotatable bonds is 9. The van der Waals surface area contributed by atoms with Crippen molar-refractivity contribution in [1.29, 1.82) is 5.26 Å². The second-order valence-electron chi connectivity index (χ2n) is 6.39. The van der Waals surface area contributed by atoms with Crippen LogP contribution in [0.2, 0.25) is 0 Å². The molecule has 0 aliphatic rings. The third kappa shape index (κ3) is 6.64. The van der Waals surface area contributed by atoms with Gasteiger partial charge in [0.05, 0.1) is 17.4 Å². The molecule has 0 bridgehead atoms. The summed E-state index contributed by atoms with van der Waals surface area (Å²) in [4.78, 5) is 48.1. The molecule has 0 aliphatic heterocycles. The maximum absolute atomic E-state index is 12.4. The van der Waals surface area contributed by atoms with E-state index in [0.717, 1.165) is 0 Å². The topological polar surface area (TPSA) is 143 Å². The molecule has 2 aromatic carbocycles. The van der Waals surface area contributed by atoms with Gasteiger partial charge in [0, 0.05) is 29.4 Å². The van der Waals surface area contributed by atoms with Crippen molar-refractivity contribution >= 4 is 29.2 Å². The number of anilines is 1. The molecule has 2 rings (SSSR count). The fraction of sp³-hybridized carbons (Fsp3) is 0.238. The number of hydrogen-bond acceptors (Lipinski definition) is 7. The lowest BCUT2D eigenvalue weighted by atomic mass is 10.1. The van der Waals surface area contributed by atoms with Crippen LogP contribution in [0.1, 0.15) is 22.3 Å². The van der Waals surface area contributed by atoms with Gasteiger partial charge in [-0.2, -0.15) is 5.26 Å². The van der Waals surface area contributed by atoms with Gasteiger partial charge in [-0.05, 0) is 31.2 Å². The SMILES string of the molecule is Cc1cc(C(=O)NCC(=O)OCC(=O)N(CCC#N)c2ccccc2)ccc1[N+](=O)[O-]. The maximum atomic E-state index is 12.4. The Balaban J connectivity index is 1.88. The van der Waals surface area contributed by atoms with E-state index in [4.69, 9.17) is 10.00 Å². The van der Waals surface area contributed by atoms with Crippen molar-refractivity contribution < 1.29 is 24.0 Å². The van der Waals surface area contributed by atoms with E-state index in [2.05, 4.69) is 5.32 Å². The molecule has 0 radical (unpaired) electrons. The number of hydrogen-bond donors (Lipinski definition) is 1. The van der Waals surface area contributed by atoms with E-state index in [9.17, 15) is 24.5 Å². The van der Waals surface area contributed by atoms with Gasteiger partial charge in [0.25, 0.3) is 17.5 Å². The van der Waals surface area contributed by atoms with Crippen LogP contribution in [0.15, 0.2) is 48.5 Å². The molecule has 2 aromatic rings. The summed E-state index contributed by atoms with van der Waals surface area (Å²) in [5.41, 5.74) is 0.914. The molecule has 0 aliphatic carbocycles. The summed E-state index contributed by atoms with van der Waals surface area (Å²) in [6.45, 7) is 0.615. The predicted octanol–water partition coefficient (Wildman–Crippen LogP) is 2.12. The second-order valence-corrected chi connectivity index (χ2v) is 6.39. The Morgan fingerprint density at radius 2 is 1.90 bits per heavy atom. The maximum Gasteiger partial charge on any atom is 0.325 e. The van der Waals surface area contributed by atoms with E-state index >= 15 is 0 Å². The average molecular weight is 424 g/mol. The van der Waals surface area contributed by atoms with Crippen molar-refractivity contribution in [2.24, 2.45) is 0 Å². The predicted molar refractivity (Wildman–Crippen MR) is 110 cm³/mol. The lowest BCUT2D eigenvalue weighted by Gasteiger charge is -2.21. The number of nitro groups is 1. The summed E-state index contributed by atoms with van der Waals surface area (Å²) < 4.78 is 4.93. The number of para-hydroxylation sites is 1. The van der Waals surface area contributed by atoms with E-state index in [-0.39, 0.29) is 24.2 Å². The molecule has 0 fully saturated rings. The number of carbonyl (C=O) groups excluding carboxylic acids is 3. The van der Waals surface area contributed by atoms with Crippen LogP contribution < -0.4 is 10.2 Å². The molecule has 1 N–H and O–H groups in total. The summed E-state index contributed by atoms with van der Waals surface area (Å²) in [7, 11) is 0. The zero-order valence-electron chi connectivity index (χ0n) is 16.7. The number of nitriles is 1. The van der Waals surface area contributed by atoms with Gasteiger partial charge in [-0.1, -0.05) is 18.2 Å². The highest BCUT2D eigenvalue weighted by Crippen LogP contribution is 2.18. The van der Waals surface area contributed by atoms with Gasteiger partial charge in [0.1, 0.15) is 6.54 Å². The van der Waals surface area contributed by atoms with E-state index in [1.165, 1.54) is 30.0 Å². The molecule has 2 amide bonds. The van der Waals surface area contributed by atoms with E-state index < -0.39 is 35.9 Å². The summed E-state index contributed by atoms with van der Waals surface area (Å²) in [6, 6.07) is 14.5. The molecule has 31 heavy (non-hydrogen) atoms. The third-order valence-corrected chi connectivity index (χ3v) is 4.22. The quantitative estimate of drug-likeness (QED) is 0.369. The van der Waals surface area contributed by atoms with Crippen molar-refractivity contribution in [3.8, 4) is 6.07 Å². The number of nitro benzene ring substituents is 1. The number of esters is 1. The largest absolute Gasteiger partial charge is 0.454 e. The average Bonchev–Trinajstić information content (AvgIpc) is 2.76. The number of carbonyl (C=O) groups is 3. The first-order valence-electron chi connectivity index (χ1n) is 9.24. The molecule has 0 heterocycles. The van der Waals surface area contributed by atoms with Crippen LogP contribution in [0.25, 0.3) is 0 Å². The fourth-order valence-corrected chi connectivity index (χ4v) is 2.69. The number of nitrogens with zero attached hydrogens (tertiary/aromatic N) is 3.